The Kier molecular flexibility index (Phi) is 7.11. The molecule has 0 bridgehead atoms. The van der Waals surface area contributed by atoms with Crippen molar-refractivity contribution in [2.75, 3.05) is 0 Å². The smallest absolute Gasteiger partial charge is 1.00 e. The van der Waals surface area contributed by atoms with Gasteiger partial charge in [0.15, 0.2) is 0 Å². The van der Waals surface area contributed by atoms with Crippen molar-refractivity contribution in [2.45, 2.75) is 27.3 Å². The Balaban J connectivity index is 0.00000120. The molecule has 0 aromatic heterocycles. The first-order chi connectivity index (χ1) is 13.2. The predicted molar refractivity (Wildman–Crippen MR) is 114 cm³/mol. The minimum atomic E-state index is -1.90. The van der Waals surface area contributed by atoms with Crippen LogP contribution in [0.1, 0.15) is 36.4 Å². The first-order valence-electron chi connectivity index (χ1n) is 9.79. The Morgan fingerprint density at radius 1 is 0.655 bits per heavy atom. The van der Waals surface area contributed by atoms with E-state index < -0.39 is 20.4 Å². The molecular weight excluding hydrogens is 490 g/mol. The number of halogens is 2. The fraction of sp³-hybridized carbons (Fsp3) is 0.200. The molecule has 1 atom stereocenters. The zero-order valence-electron chi connectivity index (χ0n) is 16.9. The number of fused-ring (bicyclic) bond motifs is 4. The largest absolute Gasteiger partial charge is 1.00 e. The summed E-state index contributed by atoms with van der Waals surface area (Å²) in [5.74, 6) is 0. The van der Waals surface area contributed by atoms with Gasteiger partial charge in [-0.05, 0) is 0 Å². The molecule has 0 aliphatic heterocycles. The van der Waals surface area contributed by atoms with E-state index in [4.69, 9.17) is 0 Å². The quantitative estimate of drug-likeness (QED) is 0.444. The van der Waals surface area contributed by atoms with E-state index >= 15 is 0 Å². The average Bonchev–Trinajstić information content (AvgIpc) is 3.18. The molecule has 2 aliphatic rings. The van der Waals surface area contributed by atoms with Gasteiger partial charge in [0, 0.05) is 0 Å². The van der Waals surface area contributed by atoms with Gasteiger partial charge in [-0.3, -0.25) is 0 Å². The summed E-state index contributed by atoms with van der Waals surface area (Å²) in [6, 6.07) is 27.6. The summed E-state index contributed by atoms with van der Waals surface area (Å²) >= 11 is -1.90. The molecule has 5 rings (SSSR count). The minimum Gasteiger partial charge on any atom is -1.00 e. The Hall–Kier alpha value is -0.920. The van der Waals surface area contributed by atoms with Crippen LogP contribution in [0, 0.1) is 0 Å². The standard InChI is InChI=1S/C13H9.C10H9.C2H6Si.2ClH.Zr/c1-3-7-12-10(5-1)9-11-6-2-4-8-13(11)12;1-8-6-9-4-2-3-5-10(9)7-8;1-3-2;;;/h1-9H;2-7H,1H3;1-2H3;2*1H;/q;;;;;+2/p-2. The summed E-state index contributed by atoms with van der Waals surface area (Å²) in [4.78, 5) is 0. The molecule has 0 saturated carbocycles. The predicted octanol–water partition coefficient (Wildman–Crippen LogP) is 0.792. The van der Waals surface area contributed by atoms with Crippen molar-refractivity contribution in [2.24, 2.45) is 0 Å². The topological polar surface area (TPSA) is 0 Å². The molecule has 0 radical (unpaired) electrons. The maximum atomic E-state index is 2.59. The number of rotatable bonds is 2. The maximum absolute atomic E-state index is 2.59. The fourth-order valence-electron chi connectivity index (χ4n) is 5.13. The maximum Gasteiger partial charge on any atom is -1.00 e. The Morgan fingerprint density at radius 3 is 1.69 bits per heavy atom. The second-order valence-corrected chi connectivity index (χ2v) is 25.9. The van der Waals surface area contributed by atoms with Crippen molar-refractivity contribution in [3.63, 3.8) is 0 Å². The van der Waals surface area contributed by atoms with Gasteiger partial charge < -0.3 is 24.8 Å². The van der Waals surface area contributed by atoms with Gasteiger partial charge in [0.1, 0.15) is 0 Å². The summed E-state index contributed by atoms with van der Waals surface area (Å²) < 4.78 is 1.43. The molecule has 0 N–H and O–H groups in total. The first kappa shape index (κ1) is 22.8. The van der Waals surface area contributed by atoms with Crippen molar-refractivity contribution in [1.82, 2.24) is 0 Å². The third-order valence-electron chi connectivity index (χ3n) is 6.18. The summed E-state index contributed by atoms with van der Waals surface area (Å²) in [5, 5.41) is 0. The van der Waals surface area contributed by atoms with Crippen LogP contribution in [0.4, 0.5) is 0 Å². The molecule has 4 heteroatoms. The van der Waals surface area contributed by atoms with Crippen LogP contribution in [-0.2, 0) is 20.4 Å². The number of hydrogen-bond acceptors (Lipinski definition) is 0. The summed E-state index contributed by atoms with van der Waals surface area (Å²) in [6.07, 6.45) is 2.47. The van der Waals surface area contributed by atoms with E-state index in [9.17, 15) is 0 Å². The van der Waals surface area contributed by atoms with Crippen molar-refractivity contribution in [3.05, 3.63) is 101 Å². The second-order valence-electron chi connectivity index (χ2n) is 8.01. The molecule has 0 spiro atoms. The van der Waals surface area contributed by atoms with Crippen molar-refractivity contribution in [3.8, 4) is 11.1 Å². The summed E-state index contributed by atoms with van der Waals surface area (Å²) in [7, 11) is 0. The fourth-order valence-corrected chi connectivity index (χ4v) is 25.5. The van der Waals surface area contributed by atoms with Crippen LogP contribution < -0.4 is 24.8 Å². The van der Waals surface area contributed by atoms with E-state index in [0.717, 1.165) is 3.63 Å². The van der Waals surface area contributed by atoms with Crippen molar-refractivity contribution < 1.29 is 45.2 Å². The zero-order valence-corrected chi connectivity index (χ0v) is 21.9. The molecule has 1 unspecified atom stereocenters. The second kappa shape index (κ2) is 9.06. The normalized spacial score (nSPS) is 15.7. The third-order valence-corrected chi connectivity index (χ3v) is 25.7. The van der Waals surface area contributed by atoms with E-state index in [-0.39, 0.29) is 30.2 Å². The Morgan fingerprint density at radius 2 is 1.14 bits per heavy atom. The van der Waals surface area contributed by atoms with Crippen LogP contribution in [0.15, 0.2) is 78.4 Å². The Labute approximate surface area is 194 Å². The van der Waals surface area contributed by atoms with Gasteiger partial charge in [0.25, 0.3) is 0 Å². The van der Waals surface area contributed by atoms with E-state index in [1.54, 1.807) is 22.3 Å². The van der Waals surface area contributed by atoms with Gasteiger partial charge in [-0.1, -0.05) is 0 Å². The Bertz CT molecular complexity index is 1080. The van der Waals surface area contributed by atoms with Gasteiger partial charge in [0.05, 0.1) is 0 Å². The van der Waals surface area contributed by atoms with Gasteiger partial charge >= 0.3 is 171 Å². The van der Waals surface area contributed by atoms with Crippen molar-refractivity contribution in [1.29, 1.82) is 0 Å². The number of hydrogen-bond donors (Lipinski definition) is 0. The molecule has 0 nitrogen and oxygen atoms in total. The molecule has 146 valence electrons. The van der Waals surface area contributed by atoms with E-state index in [1.165, 1.54) is 16.7 Å². The van der Waals surface area contributed by atoms with Gasteiger partial charge in [0.2, 0.25) is 0 Å². The van der Waals surface area contributed by atoms with Crippen LogP contribution >= 0.6 is 0 Å². The molecule has 0 fully saturated rings. The van der Waals surface area contributed by atoms with Crippen LogP contribution in [0.25, 0.3) is 17.2 Å². The van der Waals surface area contributed by atoms with Crippen LogP contribution in [0.3, 0.4) is 0 Å². The molecule has 3 aromatic carbocycles. The molecule has 0 heterocycles. The third kappa shape index (κ3) is 3.68. The zero-order chi connectivity index (χ0) is 18.5. The van der Waals surface area contributed by atoms with E-state index in [2.05, 4.69) is 98.9 Å². The van der Waals surface area contributed by atoms with Gasteiger partial charge in [-0.25, -0.2) is 0 Å². The average molecular weight is 515 g/mol. The van der Waals surface area contributed by atoms with Crippen LogP contribution in [0.5, 0.6) is 0 Å². The molecule has 0 amide bonds. The SMILES string of the molecule is CC1=Cc2ccccc2[CH]1[Zr+2]([CH]1c2ccccc2-c2ccccc21)=[Si](C)C.[Cl-].[Cl-]. The molecule has 2 aliphatic carbocycles. The molecule has 0 saturated heterocycles. The van der Waals surface area contributed by atoms with Gasteiger partial charge in [-0.2, -0.15) is 0 Å². The van der Waals surface area contributed by atoms with E-state index in [1.807, 2.05) is 0 Å². The van der Waals surface area contributed by atoms with Crippen LogP contribution in [0.2, 0.25) is 13.1 Å². The minimum absolute atomic E-state index is 0. The summed E-state index contributed by atoms with van der Waals surface area (Å²) in [5.41, 5.74) is 10.6. The van der Waals surface area contributed by atoms with Crippen molar-refractivity contribution >= 4 is 11.5 Å². The molecule has 3 aromatic rings. The van der Waals surface area contributed by atoms with Crippen LogP contribution in [-0.4, -0.2) is 5.43 Å². The van der Waals surface area contributed by atoms with Gasteiger partial charge in [-0.15, -0.1) is 0 Å². The van der Waals surface area contributed by atoms with E-state index in [0.29, 0.717) is 3.63 Å². The monoisotopic (exact) mass is 512 g/mol. The summed E-state index contributed by atoms with van der Waals surface area (Å²) in [6.45, 7) is 7.58. The number of benzene rings is 3. The first-order valence-corrected chi connectivity index (χ1v) is 18.8. The molecular formula is C25H24Cl2SiZr. The molecule has 29 heavy (non-hydrogen) atoms. The number of allylic oxidation sites excluding steroid dienone is 1.